The first kappa shape index (κ1) is 10.4. The summed E-state index contributed by atoms with van der Waals surface area (Å²) in [6.45, 7) is 3.03. The van der Waals surface area contributed by atoms with Crippen LogP contribution in [0.15, 0.2) is 0 Å². The van der Waals surface area contributed by atoms with Crippen molar-refractivity contribution in [2.75, 3.05) is 20.1 Å². The molecule has 4 N–H and O–H groups in total. The first-order valence-electron chi connectivity index (χ1n) is 4.44. The first-order chi connectivity index (χ1) is 6.04. The Morgan fingerprint density at radius 2 is 2.31 bits per heavy atom. The van der Waals surface area contributed by atoms with E-state index in [9.17, 15) is 9.90 Å². The van der Waals surface area contributed by atoms with Gasteiger partial charge in [0.15, 0.2) is 0 Å². The van der Waals surface area contributed by atoms with Crippen LogP contribution in [0, 0.1) is 0 Å². The summed E-state index contributed by atoms with van der Waals surface area (Å²) in [5.74, 6) is -0.360. The zero-order chi connectivity index (χ0) is 10.0. The fourth-order valence-corrected chi connectivity index (χ4v) is 1.55. The number of hydrogen-bond acceptors (Lipinski definition) is 4. The second-order valence-electron chi connectivity index (χ2n) is 3.54. The van der Waals surface area contributed by atoms with Gasteiger partial charge in [-0.3, -0.25) is 9.69 Å². The minimum atomic E-state index is -0.410. The van der Waals surface area contributed by atoms with E-state index in [4.69, 9.17) is 5.73 Å². The molecule has 13 heavy (non-hydrogen) atoms. The molecular formula is C8H17N3O2. The van der Waals surface area contributed by atoms with Crippen molar-refractivity contribution in [2.45, 2.75) is 25.1 Å². The van der Waals surface area contributed by atoms with Gasteiger partial charge in [-0.25, -0.2) is 0 Å². The summed E-state index contributed by atoms with van der Waals surface area (Å²) in [5.41, 5.74) is 5.17. The minimum Gasteiger partial charge on any atom is -0.390 e. The highest BCUT2D eigenvalue weighted by molar-refractivity contribution is 5.79. The van der Waals surface area contributed by atoms with Crippen LogP contribution in [0.5, 0.6) is 0 Å². The number of rotatable bonds is 3. The van der Waals surface area contributed by atoms with Gasteiger partial charge in [-0.1, -0.05) is 0 Å². The first-order valence-corrected chi connectivity index (χ1v) is 4.44. The van der Waals surface area contributed by atoms with Crippen molar-refractivity contribution >= 4 is 5.91 Å². The molecule has 0 aromatic rings. The molecule has 0 unspecified atom stereocenters. The van der Waals surface area contributed by atoms with Crippen LogP contribution in [-0.2, 0) is 4.79 Å². The number of nitrogens with zero attached hydrogens (tertiary/aromatic N) is 1. The SMILES string of the molecule is C[C@H](C(N)=O)N(C)[C@@H]1CNC[C@H]1O. The summed E-state index contributed by atoms with van der Waals surface area (Å²) in [5, 5.41) is 12.6. The van der Waals surface area contributed by atoms with Crippen molar-refractivity contribution in [1.82, 2.24) is 10.2 Å². The fraction of sp³-hybridized carbons (Fsp3) is 0.875. The van der Waals surface area contributed by atoms with Crippen molar-refractivity contribution < 1.29 is 9.90 Å². The number of amides is 1. The summed E-state index contributed by atoms with van der Waals surface area (Å²) in [6.07, 6.45) is -0.410. The zero-order valence-electron chi connectivity index (χ0n) is 8.03. The van der Waals surface area contributed by atoms with Gasteiger partial charge >= 0.3 is 0 Å². The number of primary amides is 1. The summed E-state index contributed by atoms with van der Waals surface area (Å²) >= 11 is 0. The summed E-state index contributed by atoms with van der Waals surface area (Å²) in [6, 6.07) is -0.345. The van der Waals surface area contributed by atoms with Crippen LogP contribution in [-0.4, -0.2) is 54.2 Å². The van der Waals surface area contributed by atoms with Gasteiger partial charge in [-0.05, 0) is 14.0 Å². The lowest BCUT2D eigenvalue weighted by molar-refractivity contribution is -0.123. The average Bonchev–Trinajstić information content (AvgIpc) is 2.48. The van der Waals surface area contributed by atoms with Crippen LogP contribution in [0.2, 0.25) is 0 Å². The van der Waals surface area contributed by atoms with E-state index < -0.39 is 6.10 Å². The Morgan fingerprint density at radius 3 is 2.69 bits per heavy atom. The molecule has 5 nitrogen and oxygen atoms in total. The Hall–Kier alpha value is -0.650. The molecule has 76 valence electrons. The van der Waals surface area contributed by atoms with Gasteiger partial charge in [0.05, 0.1) is 12.1 Å². The van der Waals surface area contributed by atoms with Gasteiger partial charge in [0.25, 0.3) is 0 Å². The maximum Gasteiger partial charge on any atom is 0.234 e. The molecule has 0 bridgehead atoms. The molecule has 1 aliphatic rings. The molecule has 1 aliphatic heterocycles. The number of nitrogens with two attached hydrogens (primary N) is 1. The Bertz CT molecular complexity index is 198. The topological polar surface area (TPSA) is 78.6 Å². The van der Waals surface area contributed by atoms with Gasteiger partial charge in [0.1, 0.15) is 0 Å². The molecule has 1 amide bonds. The fourth-order valence-electron chi connectivity index (χ4n) is 1.55. The minimum absolute atomic E-state index is 0.0116. The van der Waals surface area contributed by atoms with Crippen LogP contribution in [0.4, 0.5) is 0 Å². The highest BCUT2D eigenvalue weighted by atomic mass is 16.3. The Kier molecular flexibility index (Phi) is 3.24. The van der Waals surface area contributed by atoms with E-state index in [1.54, 1.807) is 14.0 Å². The quantitative estimate of drug-likeness (QED) is 0.483. The predicted octanol–water partition coefficient (Wildman–Crippen LogP) is -1.88. The number of carbonyl (C=O) groups is 1. The standard InChI is InChI=1S/C8H17N3O2/c1-5(8(9)13)11(2)6-3-10-4-7(6)12/h5-7,10,12H,3-4H2,1-2H3,(H2,9,13)/t5-,6-,7-/m1/s1. The molecular weight excluding hydrogens is 170 g/mol. The third kappa shape index (κ3) is 2.18. The average molecular weight is 187 g/mol. The van der Waals surface area contributed by atoms with E-state index in [0.717, 1.165) is 0 Å². The normalized spacial score (nSPS) is 30.8. The Labute approximate surface area is 77.9 Å². The van der Waals surface area contributed by atoms with E-state index in [0.29, 0.717) is 13.1 Å². The van der Waals surface area contributed by atoms with E-state index in [2.05, 4.69) is 5.32 Å². The number of β-amino-alcohol motifs (C(OH)–C–C–N with tert-alkyl or cyclic N) is 1. The zero-order valence-corrected chi connectivity index (χ0v) is 8.03. The van der Waals surface area contributed by atoms with Gasteiger partial charge in [0.2, 0.25) is 5.91 Å². The molecule has 3 atom stereocenters. The van der Waals surface area contributed by atoms with Crippen LogP contribution in [0.25, 0.3) is 0 Å². The van der Waals surface area contributed by atoms with Gasteiger partial charge in [-0.2, -0.15) is 0 Å². The lowest BCUT2D eigenvalue weighted by Crippen LogP contribution is -2.50. The maximum atomic E-state index is 10.9. The molecule has 1 fully saturated rings. The number of carbonyl (C=O) groups excluding carboxylic acids is 1. The predicted molar refractivity (Wildman–Crippen MR) is 49.1 cm³/mol. The molecule has 0 radical (unpaired) electrons. The molecule has 1 heterocycles. The van der Waals surface area contributed by atoms with E-state index >= 15 is 0 Å². The van der Waals surface area contributed by atoms with Crippen molar-refractivity contribution in [3.05, 3.63) is 0 Å². The molecule has 0 aliphatic carbocycles. The smallest absolute Gasteiger partial charge is 0.234 e. The van der Waals surface area contributed by atoms with Crippen LogP contribution < -0.4 is 11.1 Å². The lowest BCUT2D eigenvalue weighted by atomic mass is 10.1. The summed E-state index contributed by atoms with van der Waals surface area (Å²) in [7, 11) is 1.80. The number of aliphatic hydroxyl groups excluding tert-OH is 1. The summed E-state index contributed by atoms with van der Waals surface area (Å²) in [4.78, 5) is 12.7. The Morgan fingerprint density at radius 1 is 1.69 bits per heavy atom. The number of likely N-dealkylation sites (N-methyl/N-ethyl adjacent to an activating group) is 1. The summed E-state index contributed by atoms with van der Waals surface area (Å²) < 4.78 is 0. The second kappa shape index (κ2) is 4.04. The van der Waals surface area contributed by atoms with Crippen molar-refractivity contribution in [3.8, 4) is 0 Å². The van der Waals surface area contributed by atoms with E-state index in [-0.39, 0.29) is 18.0 Å². The van der Waals surface area contributed by atoms with Gasteiger partial charge < -0.3 is 16.2 Å². The molecule has 0 saturated carbocycles. The molecule has 1 rings (SSSR count). The third-order valence-electron chi connectivity index (χ3n) is 2.70. The molecule has 0 aromatic carbocycles. The third-order valence-corrected chi connectivity index (χ3v) is 2.70. The van der Waals surface area contributed by atoms with E-state index in [1.807, 2.05) is 4.90 Å². The molecule has 0 spiro atoms. The van der Waals surface area contributed by atoms with Crippen molar-refractivity contribution in [1.29, 1.82) is 0 Å². The van der Waals surface area contributed by atoms with E-state index in [1.165, 1.54) is 0 Å². The second-order valence-corrected chi connectivity index (χ2v) is 3.54. The molecule has 5 heteroatoms. The van der Waals surface area contributed by atoms with Crippen LogP contribution in [0.1, 0.15) is 6.92 Å². The van der Waals surface area contributed by atoms with Crippen LogP contribution >= 0.6 is 0 Å². The largest absolute Gasteiger partial charge is 0.390 e. The van der Waals surface area contributed by atoms with Gasteiger partial charge in [-0.15, -0.1) is 0 Å². The number of hydrogen-bond donors (Lipinski definition) is 3. The number of nitrogens with one attached hydrogen (secondary N) is 1. The van der Waals surface area contributed by atoms with Crippen molar-refractivity contribution in [2.24, 2.45) is 5.73 Å². The molecule has 0 aromatic heterocycles. The lowest BCUT2D eigenvalue weighted by Gasteiger charge is -2.29. The highest BCUT2D eigenvalue weighted by Gasteiger charge is 2.32. The van der Waals surface area contributed by atoms with Crippen molar-refractivity contribution in [3.63, 3.8) is 0 Å². The Balaban J connectivity index is 2.55. The molecule has 1 saturated heterocycles. The monoisotopic (exact) mass is 187 g/mol. The van der Waals surface area contributed by atoms with Gasteiger partial charge in [0, 0.05) is 19.1 Å². The van der Waals surface area contributed by atoms with Crippen LogP contribution in [0.3, 0.4) is 0 Å². The maximum absolute atomic E-state index is 10.9. The highest BCUT2D eigenvalue weighted by Crippen LogP contribution is 2.10. The number of aliphatic hydroxyl groups is 1.